The number of hydrogen-bond acceptors (Lipinski definition) is 8. The Balaban J connectivity index is 1.67. The Morgan fingerprint density at radius 3 is 2.61 bits per heavy atom. The molecule has 2 aromatic rings. The van der Waals surface area contributed by atoms with Gasteiger partial charge in [0.1, 0.15) is 10.8 Å². The lowest BCUT2D eigenvalue weighted by molar-refractivity contribution is -0.137. The van der Waals surface area contributed by atoms with Crippen LogP contribution in [0.3, 0.4) is 0 Å². The minimum atomic E-state index is -4.56. The van der Waals surface area contributed by atoms with Crippen molar-refractivity contribution in [2.24, 2.45) is 10.2 Å². The summed E-state index contributed by atoms with van der Waals surface area (Å²) in [6.45, 7) is 0. The first-order valence-electron chi connectivity index (χ1n) is 10.1. The van der Waals surface area contributed by atoms with Gasteiger partial charge in [0.2, 0.25) is 11.8 Å². The first kappa shape index (κ1) is 26.5. The zero-order valence-corrected chi connectivity index (χ0v) is 19.6. The second-order valence-electron chi connectivity index (χ2n) is 7.15. The molecule has 1 atom stereocenters. The number of nitrogens with zero attached hydrogens (tertiary/aromatic N) is 2. The average molecular weight is 524 g/mol. The third-order valence-electron chi connectivity index (χ3n) is 4.76. The maximum Gasteiger partial charge on any atom is 0.416 e. The number of anilines is 1. The van der Waals surface area contributed by atoms with E-state index in [2.05, 4.69) is 20.8 Å². The van der Waals surface area contributed by atoms with Crippen LogP contribution in [0.1, 0.15) is 27.9 Å². The molecule has 0 radical (unpaired) electrons. The van der Waals surface area contributed by atoms with Crippen LogP contribution in [-0.2, 0) is 15.8 Å². The molecule has 0 spiro atoms. The van der Waals surface area contributed by atoms with Crippen molar-refractivity contribution in [2.75, 3.05) is 19.5 Å². The number of hydrogen-bond donors (Lipinski definition) is 3. The van der Waals surface area contributed by atoms with Crippen LogP contribution >= 0.6 is 11.8 Å². The molecule has 0 aromatic heterocycles. The largest absolute Gasteiger partial charge is 0.493 e. The Morgan fingerprint density at radius 1 is 1.22 bits per heavy atom. The van der Waals surface area contributed by atoms with Crippen LogP contribution < -0.4 is 20.1 Å². The van der Waals surface area contributed by atoms with Gasteiger partial charge in [-0.2, -0.15) is 18.3 Å². The second-order valence-corrected chi connectivity index (χ2v) is 8.34. The number of nitrogens with one attached hydrogen (secondary N) is 2. The number of carbonyl (C=O) groups is 3. The molecule has 0 unspecified atom stereocenters. The van der Waals surface area contributed by atoms with Gasteiger partial charge in [-0.1, -0.05) is 17.8 Å². The molecule has 1 saturated heterocycles. The van der Waals surface area contributed by atoms with Crippen LogP contribution in [0.5, 0.6) is 11.5 Å². The summed E-state index contributed by atoms with van der Waals surface area (Å²) in [6, 6.07) is 7.06. The molecule has 190 valence electrons. The highest BCUT2D eigenvalue weighted by Crippen LogP contribution is 2.33. The average Bonchev–Trinajstić information content (AvgIpc) is 3.16. The number of thioether (sulfide) groups is 1. The number of halogens is 3. The smallest absolute Gasteiger partial charge is 0.416 e. The Hall–Kier alpha value is -4.07. The number of benzene rings is 2. The van der Waals surface area contributed by atoms with Crippen molar-refractivity contribution in [3.05, 3.63) is 53.1 Å². The summed E-state index contributed by atoms with van der Waals surface area (Å²) in [4.78, 5) is 36.1. The molecule has 10 nitrogen and oxygen atoms in total. The topological polar surface area (TPSA) is 139 Å². The van der Waals surface area contributed by atoms with Crippen LogP contribution in [0.2, 0.25) is 0 Å². The molecule has 14 heteroatoms. The van der Waals surface area contributed by atoms with E-state index >= 15 is 0 Å². The Kier molecular flexibility index (Phi) is 8.19. The van der Waals surface area contributed by atoms with Gasteiger partial charge in [-0.25, -0.2) is 4.79 Å². The number of methoxy groups -OCH3 is 2. The number of amidine groups is 1. The Morgan fingerprint density at radius 2 is 1.97 bits per heavy atom. The second kappa shape index (κ2) is 11.1. The summed E-state index contributed by atoms with van der Waals surface area (Å²) >= 11 is 0.898. The number of carbonyl (C=O) groups excluding carboxylic acids is 2. The SMILES string of the molecule is COc1ccc(/C=N\N=C2/NC(=O)[C@@H](CC(=O)Nc3cccc(C(F)(F)F)c3)S2)c(C(=O)O)c1OC. The molecule has 1 aliphatic rings. The predicted octanol–water partition coefficient (Wildman–Crippen LogP) is 3.37. The van der Waals surface area contributed by atoms with Gasteiger partial charge in [0, 0.05) is 17.7 Å². The first-order valence-corrected chi connectivity index (χ1v) is 11.0. The van der Waals surface area contributed by atoms with Crippen molar-refractivity contribution in [3.63, 3.8) is 0 Å². The van der Waals surface area contributed by atoms with Crippen molar-refractivity contribution >= 4 is 46.6 Å². The molecule has 2 aromatic carbocycles. The van der Waals surface area contributed by atoms with Crippen molar-refractivity contribution < 1.29 is 42.1 Å². The van der Waals surface area contributed by atoms with Crippen LogP contribution in [0.25, 0.3) is 0 Å². The molecule has 1 aliphatic heterocycles. The number of amides is 2. The number of ether oxygens (including phenoxy) is 2. The van der Waals surface area contributed by atoms with Crippen LogP contribution in [0, 0.1) is 0 Å². The molecule has 0 aliphatic carbocycles. The highest BCUT2D eigenvalue weighted by atomic mass is 32.2. The van der Waals surface area contributed by atoms with E-state index in [1.807, 2.05) is 0 Å². The third kappa shape index (κ3) is 6.33. The lowest BCUT2D eigenvalue weighted by atomic mass is 10.1. The molecule has 36 heavy (non-hydrogen) atoms. The molecule has 0 saturated carbocycles. The first-order chi connectivity index (χ1) is 17.0. The van der Waals surface area contributed by atoms with E-state index in [4.69, 9.17) is 9.47 Å². The van der Waals surface area contributed by atoms with E-state index in [0.29, 0.717) is 0 Å². The monoisotopic (exact) mass is 524 g/mol. The molecule has 3 N–H and O–H groups in total. The van der Waals surface area contributed by atoms with Crippen molar-refractivity contribution in [1.29, 1.82) is 0 Å². The van der Waals surface area contributed by atoms with Crippen molar-refractivity contribution in [1.82, 2.24) is 5.32 Å². The van der Waals surface area contributed by atoms with E-state index in [1.54, 1.807) is 0 Å². The summed E-state index contributed by atoms with van der Waals surface area (Å²) in [5, 5.41) is 21.1. The number of carboxylic acid groups (broad SMARTS) is 1. The Bertz CT molecular complexity index is 1250. The van der Waals surface area contributed by atoms with Crippen molar-refractivity contribution in [3.8, 4) is 11.5 Å². The maximum absolute atomic E-state index is 12.8. The lowest BCUT2D eigenvalue weighted by Crippen LogP contribution is -2.28. The predicted molar refractivity (Wildman–Crippen MR) is 126 cm³/mol. The molecule has 2 amide bonds. The molecular weight excluding hydrogens is 505 g/mol. The van der Waals surface area contributed by atoms with E-state index in [9.17, 15) is 32.7 Å². The highest BCUT2D eigenvalue weighted by Gasteiger charge is 2.33. The van der Waals surface area contributed by atoms with Gasteiger partial charge >= 0.3 is 12.1 Å². The van der Waals surface area contributed by atoms with Crippen molar-refractivity contribution in [2.45, 2.75) is 17.8 Å². The quantitative estimate of drug-likeness (QED) is 0.356. The molecule has 1 fully saturated rings. The van der Waals surface area contributed by atoms with E-state index in [1.165, 1.54) is 32.4 Å². The number of carboxylic acids is 1. The van der Waals surface area contributed by atoms with Gasteiger partial charge in [0.15, 0.2) is 16.7 Å². The normalized spacial score (nSPS) is 16.8. The fourth-order valence-corrected chi connectivity index (χ4v) is 4.08. The summed E-state index contributed by atoms with van der Waals surface area (Å²) < 4.78 is 48.7. The maximum atomic E-state index is 12.8. The third-order valence-corrected chi connectivity index (χ3v) is 5.83. The minimum absolute atomic E-state index is 0.00278. The summed E-state index contributed by atoms with van der Waals surface area (Å²) in [5.74, 6) is -2.27. The zero-order valence-electron chi connectivity index (χ0n) is 18.8. The molecule has 1 heterocycles. The van der Waals surface area contributed by atoms with Crippen LogP contribution in [0.4, 0.5) is 18.9 Å². The van der Waals surface area contributed by atoms with Gasteiger partial charge < -0.3 is 25.2 Å². The standard InChI is InChI=1S/C22H19F3N4O6S/c1-34-14-7-6-11(17(20(32)33)18(14)35-2)10-26-29-21-28-19(31)15(36-21)9-16(30)27-13-5-3-4-12(8-13)22(23,24)25/h3-8,10,15H,9H2,1-2H3,(H,27,30)(H,32,33)(H,28,29,31)/b26-10-/t15-/m1/s1. The molecule has 3 rings (SSSR count). The minimum Gasteiger partial charge on any atom is -0.493 e. The van der Waals surface area contributed by atoms with Crippen LogP contribution in [-0.4, -0.2) is 53.7 Å². The van der Waals surface area contributed by atoms with Crippen LogP contribution in [0.15, 0.2) is 46.6 Å². The fourth-order valence-electron chi connectivity index (χ4n) is 3.15. The number of rotatable bonds is 8. The van der Waals surface area contributed by atoms with Gasteiger partial charge in [0.25, 0.3) is 0 Å². The molecule has 0 bridgehead atoms. The van der Waals surface area contributed by atoms with E-state index in [-0.39, 0.29) is 39.9 Å². The summed E-state index contributed by atoms with van der Waals surface area (Å²) in [6.07, 6.45) is -3.73. The van der Waals surface area contributed by atoms with Gasteiger partial charge in [-0.3, -0.25) is 9.59 Å². The summed E-state index contributed by atoms with van der Waals surface area (Å²) in [7, 11) is 2.65. The van der Waals surface area contributed by atoms with Gasteiger partial charge in [0.05, 0.1) is 26.0 Å². The fraction of sp³-hybridized carbons (Fsp3) is 0.227. The van der Waals surface area contributed by atoms with Gasteiger partial charge in [-0.15, -0.1) is 5.10 Å². The zero-order chi connectivity index (χ0) is 26.5. The summed E-state index contributed by atoms with van der Waals surface area (Å²) in [5.41, 5.74) is -1.01. The Labute approximate surface area is 206 Å². The van der Waals surface area contributed by atoms with E-state index in [0.717, 1.165) is 36.2 Å². The molecular formula is C22H19F3N4O6S. The van der Waals surface area contributed by atoms with E-state index < -0.39 is 34.8 Å². The highest BCUT2D eigenvalue weighted by molar-refractivity contribution is 8.15. The number of aromatic carboxylic acids is 1. The van der Waals surface area contributed by atoms with Gasteiger partial charge in [-0.05, 0) is 30.3 Å². The lowest BCUT2D eigenvalue weighted by Gasteiger charge is -2.11. The number of alkyl halides is 3.